The van der Waals surface area contributed by atoms with Gasteiger partial charge < -0.3 is 9.05 Å². The van der Waals surface area contributed by atoms with Crippen LogP contribution in [0, 0.1) is 0 Å². The van der Waals surface area contributed by atoms with Gasteiger partial charge in [-0.25, -0.2) is 13.3 Å². The minimum Gasteiger partial charge on any atom is -0.395 e. The van der Waals surface area contributed by atoms with Gasteiger partial charge in [0.05, 0.1) is 0 Å². The molecular formula is C14H13F2O4P. The van der Waals surface area contributed by atoms with Crippen molar-refractivity contribution in [3.05, 3.63) is 59.7 Å². The van der Waals surface area contributed by atoms with Crippen LogP contribution in [0.3, 0.4) is 0 Å². The Labute approximate surface area is 120 Å². The maximum atomic E-state index is 12.3. The molecule has 0 atom stereocenters. The number of hydrogen-bond donors (Lipinski definition) is 1. The number of halogens is 2. The van der Waals surface area contributed by atoms with Crippen molar-refractivity contribution in [1.82, 2.24) is 0 Å². The molecule has 7 heteroatoms. The molecule has 2 aromatic rings. The summed E-state index contributed by atoms with van der Waals surface area (Å²) in [4.78, 5) is 9.64. The van der Waals surface area contributed by atoms with Crippen LogP contribution in [-0.2, 0) is 17.9 Å². The molecule has 1 N–H and O–H groups in total. The van der Waals surface area contributed by atoms with E-state index in [0.29, 0.717) is 11.1 Å². The van der Waals surface area contributed by atoms with E-state index in [4.69, 9.17) is 9.05 Å². The number of benzene rings is 2. The Balaban J connectivity index is 2.04. The normalized spacial score (nSPS) is 11.2. The molecule has 4 nitrogen and oxygen atoms in total. The summed E-state index contributed by atoms with van der Waals surface area (Å²) in [7, 11) is -4.37. The summed E-state index contributed by atoms with van der Waals surface area (Å²) >= 11 is 0. The third-order valence-electron chi connectivity index (χ3n) is 2.60. The molecule has 21 heavy (non-hydrogen) atoms. The molecule has 0 aliphatic carbocycles. The van der Waals surface area contributed by atoms with Crippen molar-refractivity contribution in [2.75, 3.05) is 0 Å². The van der Waals surface area contributed by atoms with Crippen molar-refractivity contribution in [2.45, 2.75) is 13.3 Å². The van der Waals surface area contributed by atoms with Crippen LogP contribution in [-0.4, -0.2) is 4.89 Å². The largest absolute Gasteiger partial charge is 0.584 e. The van der Waals surface area contributed by atoms with E-state index >= 15 is 0 Å². The molecule has 2 aromatic carbocycles. The molecule has 0 saturated heterocycles. The Morgan fingerprint density at radius 1 is 0.810 bits per heavy atom. The summed E-state index contributed by atoms with van der Waals surface area (Å²) in [5, 5.41) is 0. The lowest BCUT2D eigenvalue weighted by Gasteiger charge is -2.14. The predicted molar refractivity (Wildman–Crippen MR) is 73.6 cm³/mol. The van der Waals surface area contributed by atoms with Gasteiger partial charge in [0.2, 0.25) is 0 Å². The molecular weight excluding hydrogens is 301 g/mol. The van der Waals surface area contributed by atoms with Gasteiger partial charge in [-0.05, 0) is 35.4 Å². The highest BCUT2D eigenvalue weighted by Crippen LogP contribution is 2.44. The second-order valence-electron chi connectivity index (χ2n) is 4.21. The molecule has 0 aliphatic rings. The van der Waals surface area contributed by atoms with E-state index < -0.39 is 21.2 Å². The van der Waals surface area contributed by atoms with Gasteiger partial charge in [0, 0.05) is 0 Å². The summed E-state index contributed by atoms with van der Waals surface area (Å²) in [5.74, 6) is 0.164. The van der Waals surface area contributed by atoms with E-state index in [1.165, 1.54) is 48.5 Å². The van der Waals surface area contributed by atoms with Crippen LogP contribution in [0.25, 0.3) is 0 Å². The van der Waals surface area contributed by atoms with E-state index in [1.54, 1.807) is 0 Å². The van der Waals surface area contributed by atoms with Crippen LogP contribution in [0.15, 0.2) is 48.5 Å². The monoisotopic (exact) mass is 314 g/mol. The molecule has 0 radical (unpaired) electrons. The number of phosphoric ester groups is 1. The van der Waals surface area contributed by atoms with Crippen molar-refractivity contribution in [3.8, 4) is 11.5 Å². The van der Waals surface area contributed by atoms with E-state index in [0.717, 1.165) is 0 Å². The fourth-order valence-corrected chi connectivity index (χ4v) is 2.38. The summed E-state index contributed by atoms with van der Waals surface area (Å²) in [6, 6.07) is 11.2. The van der Waals surface area contributed by atoms with Crippen LogP contribution in [0.5, 0.6) is 11.5 Å². The molecule has 0 spiro atoms. The Morgan fingerprint density at radius 2 is 1.14 bits per heavy atom. The minimum atomic E-state index is -4.37. The van der Waals surface area contributed by atoms with Gasteiger partial charge in [-0.15, -0.1) is 0 Å². The Kier molecular flexibility index (Phi) is 4.94. The molecule has 2 rings (SSSR count). The summed E-state index contributed by atoms with van der Waals surface area (Å²) in [6.07, 6.45) is 0. The van der Waals surface area contributed by atoms with Crippen LogP contribution < -0.4 is 9.05 Å². The first-order valence-electron chi connectivity index (χ1n) is 6.04. The van der Waals surface area contributed by atoms with Crippen molar-refractivity contribution in [2.24, 2.45) is 0 Å². The number of rotatable bonds is 6. The lowest BCUT2D eigenvalue weighted by molar-refractivity contribution is 0.291. The van der Waals surface area contributed by atoms with Crippen molar-refractivity contribution in [3.63, 3.8) is 0 Å². The van der Waals surface area contributed by atoms with E-state index in [2.05, 4.69) is 0 Å². The van der Waals surface area contributed by atoms with E-state index in [9.17, 15) is 18.2 Å². The summed E-state index contributed by atoms with van der Waals surface area (Å²) in [5.41, 5.74) is 0.857. The SMILES string of the molecule is O=P(O)(Oc1ccc(CF)cc1)Oc1ccc(CF)cc1. The van der Waals surface area contributed by atoms with E-state index in [-0.39, 0.29) is 11.5 Å². The zero-order valence-electron chi connectivity index (χ0n) is 10.9. The number of alkyl halides is 2. The maximum Gasteiger partial charge on any atom is 0.584 e. The Bertz CT molecular complexity index is 575. The van der Waals surface area contributed by atoms with Crippen LogP contribution in [0.1, 0.15) is 11.1 Å². The number of hydrogen-bond acceptors (Lipinski definition) is 3. The molecule has 0 amide bonds. The van der Waals surface area contributed by atoms with Crippen LogP contribution >= 0.6 is 7.82 Å². The third kappa shape index (κ3) is 4.55. The fourth-order valence-electron chi connectivity index (χ4n) is 1.56. The van der Waals surface area contributed by atoms with E-state index in [1.807, 2.05) is 0 Å². The zero-order valence-corrected chi connectivity index (χ0v) is 11.8. The molecule has 112 valence electrons. The van der Waals surface area contributed by atoms with Gasteiger partial charge in [-0.2, -0.15) is 0 Å². The zero-order chi connectivity index (χ0) is 15.3. The first kappa shape index (κ1) is 15.5. The van der Waals surface area contributed by atoms with Crippen molar-refractivity contribution in [1.29, 1.82) is 0 Å². The molecule has 0 bridgehead atoms. The molecule has 0 aliphatic heterocycles. The average Bonchev–Trinajstić information content (AvgIpc) is 2.48. The van der Waals surface area contributed by atoms with Gasteiger partial charge in [-0.1, -0.05) is 24.3 Å². The quantitative estimate of drug-likeness (QED) is 0.813. The third-order valence-corrected chi connectivity index (χ3v) is 3.48. The first-order chi connectivity index (χ1) is 10.0. The fraction of sp³-hybridized carbons (Fsp3) is 0.143. The smallest absolute Gasteiger partial charge is 0.395 e. The predicted octanol–water partition coefficient (Wildman–Crippen LogP) is 4.18. The van der Waals surface area contributed by atoms with Gasteiger partial charge >= 0.3 is 7.82 Å². The molecule has 0 saturated carbocycles. The number of phosphoric acid groups is 1. The average molecular weight is 314 g/mol. The van der Waals surface area contributed by atoms with Gasteiger partial charge in [-0.3, -0.25) is 4.89 Å². The minimum absolute atomic E-state index is 0.0819. The topological polar surface area (TPSA) is 55.8 Å². The van der Waals surface area contributed by atoms with Gasteiger partial charge in [0.25, 0.3) is 0 Å². The highest BCUT2D eigenvalue weighted by Gasteiger charge is 2.25. The second kappa shape index (κ2) is 6.70. The maximum absolute atomic E-state index is 12.3. The van der Waals surface area contributed by atoms with Gasteiger partial charge in [0.15, 0.2) is 0 Å². The highest BCUT2D eigenvalue weighted by molar-refractivity contribution is 7.48. The summed E-state index contributed by atoms with van der Waals surface area (Å²) < 4.78 is 46.2. The molecule has 0 unspecified atom stereocenters. The van der Waals surface area contributed by atoms with Crippen LogP contribution in [0.4, 0.5) is 8.78 Å². The lowest BCUT2D eigenvalue weighted by Crippen LogP contribution is -2.00. The molecule has 0 heterocycles. The standard InChI is InChI=1S/C14H13F2O4P/c15-9-11-1-5-13(6-2-11)19-21(17,18)20-14-7-3-12(10-16)4-8-14/h1-8H,9-10H2,(H,17,18). The van der Waals surface area contributed by atoms with Crippen molar-refractivity contribution < 1.29 is 27.3 Å². The summed E-state index contributed by atoms with van der Waals surface area (Å²) in [6.45, 7) is -1.26. The lowest BCUT2D eigenvalue weighted by atomic mass is 10.2. The Hall–Kier alpha value is -1.91. The first-order valence-corrected chi connectivity index (χ1v) is 7.54. The second-order valence-corrected chi connectivity index (χ2v) is 5.51. The highest BCUT2D eigenvalue weighted by atomic mass is 31.2. The van der Waals surface area contributed by atoms with Crippen LogP contribution in [0.2, 0.25) is 0 Å². The Morgan fingerprint density at radius 3 is 1.43 bits per heavy atom. The van der Waals surface area contributed by atoms with Crippen molar-refractivity contribution >= 4 is 7.82 Å². The van der Waals surface area contributed by atoms with Gasteiger partial charge in [0.1, 0.15) is 24.8 Å². The molecule has 0 fully saturated rings. The molecule has 0 aromatic heterocycles.